The fourth-order valence-corrected chi connectivity index (χ4v) is 1.46. The highest BCUT2D eigenvalue weighted by Crippen LogP contribution is 2.10. The Morgan fingerprint density at radius 1 is 1.40 bits per heavy atom. The summed E-state index contributed by atoms with van der Waals surface area (Å²) in [4.78, 5) is 11.4. The average Bonchev–Trinajstić information content (AvgIpc) is 2.27. The van der Waals surface area contributed by atoms with Crippen LogP contribution in [0.15, 0.2) is 40.0 Å². The summed E-state index contributed by atoms with van der Waals surface area (Å²) in [7, 11) is 0. The third-order valence-corrected chi connectivity index (χ3v) is 2.98. The van der Waals surface area contributed by atoms with Crippen molar-refractivity contribution in [1.29, 1.82) is 0 Å². The molecule has 0 atom stereocenters. The van der Waals surface area contributed by atoms with E-state index in [0.717, 1.165) is 9.14 Å². The van der Waals surface area contributed by atoms with Crippen LogP contribution in [0.3, 0.4) is 0 Å². The third kappa shape index (κ3) is 4.97. The van der Waals surface area contributed by atoms with Crippen LogP contribution < -0.4 is 5.32 Å². The number of halogens is 1. The van der Waals surface area contributed by atoms with Crippen molar-refractivity contribution in [2.24, 2.45) is 0 Å². The summed E-state index contributed by atoms with van der Waals surface area (Å²) in [5.41, 5.74) is 1.13. The number of nitrogens with one attached hydrogen (secondary N) is 1. The van der Waals surface area contributed by atoms with Gasteiger partial charge in [0, 0.05) is 6.54 Å². The van der Waals surface area contributed by atoms with Crippen molar-refractivity contribution in [3.63, 3.8) is 0 Å². The number of carbonyl (C=O) groups excluding carboxylic acids is 1. The molecule has 80 valence electrons. The maximum Gasteiger partial charge on any atom is 0.225 e. The van der Waals surface area contributed by atoms with Crippen molar-refractivity contribution in [2.45, 2.75) is 19.9 Å². The van der Waals surface area contributed by atoms with Crippen LogP contribution >= 0.6 is 22.6 Å². The molecule has 0 spiro atoms. The van der Waals surface area contributed by atoms with Gasteiger partial charge in [0.1, 0.15) is 0 Å². The molecule has 2 nitrogen and oxygen atoms in total. The largest absolute Gasteiger partial charge is 0.352 e. The van der Waals surface area contributed by atoms with Crippen molar-refractivity contribution in [1.82, 2.24) is 5.32 Å². The minimum atomic E-state index is 0.0707. The molecule has 3 heteroatoms. The van der Waals surface area contributed by atoms with E-state index in [0.29, 0.717) is 13.0 Å². The van der Waals surface area contributed by atoms with Gasteiger partial charge in [0.05, 0.1) is 6.42 Å². The first-order valence-electron chi connectivity index (χ1n) is 4.83. The van der Waals surface area contributed by atoms with Crippen molar-refractivity contribution in [3.8, 4) is 0 Å². The fraction of sp³-hybridized carbons (Fsp3) is 0.250. The van der Waals surface area contributed by atoms with Gasteiger partial charge in [-0.3, -0.25) is 4.79 Å². The smallest absolute Gasteiger partial charge is 0.225 e. The SMILES string of the molecule is C/C=C(\I)CC(=O)NCc1ccccc1. The molecule has 0 aliphatic rings. The molecule has 0 bridgehead atoms. The monoisotopic (exact) mass is 315 g/mol. The Balaban J connectivity index is 2.35. The van der Waals surface area contributed by atoms with Crippen LogP contribution in [0.5, 0.6) is 0 Å². The van der Waals surface area contributed by atoms with Crippen LogP contribution in [0, 0.1) is 0 Å². The topological polar surface area (TPSA) is 29.1 Å². The van der Waals surface area contributed by atoms with E-state index in [1.807, 2.05) is 43.3 Å². The molecule has 1 aromatic carbocycles. The lowest BCUT2D eigenvalue weighted by Gasteiger charge is -2.04. The van der Waals surface area contributed by atoms with Crippen molar-refractivity contribution >= 4 is 28.5 Å². The van der Waals surface area contributed by atoms with E-state index in [4.69, 9.17) is 0 Å². The molecular weight excluding hydrogens is 301 g/mol. The van der Waals surface area contributed by atoms with Crippen LogP contribution in [0.2, 0.25) is 0 Å². The maximum atomic E-state index is 11.4. The van der Waals surface area contributed by atoms with Gasteiger partial charge in [-0.05, 0) is 38.7 Å². The summed E-state index contributed by atoms with van der Waals surface area (Å²) >= 11 is 2.18. The first-order valence-corrected chi connectivity index (χ1v) is 5.91. The Kier molecular flexibility index (Phi) is 5.39. The zero-order chi connectivity index (χ0) is 11.1. The quantitative estimate of drug-likeness (QED) is 0.850. The lowest BCUT2D eigenvalue weighted by atomic mass is 10.2. The minimum absolute atomic E-state index is 0.0707. The predicted octanol–water partition coefficient (Wildman–Crippen LogP) is 3.03. The molecule has 0 saturated carbocycles. The standard InChI is InChI=1S/C12H14INO/c1-2-11(13)8-12(15)14-9-10-6-4-3-5-7-10/h2-7H,8-9H2,1H3,(H,14,15)/b11-2-. The van der Waals surface area contributed by atoms with Gasteiger partial charge in [0.15, 0.2) is 0 Å². The van der Waals surface area contributed by atoms with Gasteiger partial charge in [-0.25, -0.2) is 0 Å². The third-order valence-electron chi connectivity index (χ3n) is 1.98. The molecule has 1 amide bonds. The first-order chi connectivity index (χ1) is 7.22. The highest BCUT2D eigenvalue weighted by atomic mass is 127. The van der Waals surface area contributed by atoms with Crippen LogP contribution in [-0.4, -0.2) is 5.91 Å². The molecule has 1 aromatic rings. The number of hydrogen-bond donors (Lipinski definition) is 1. The van der Waals surface area contributed by atoms with Gasteiger partial charge in [-0.1, -0.05) is 36.4 Å². The number of hydrogen-bond acceptors (Lipinski definition) is 1. The summed E-state index contributed by atoms with van der Waals surface area (Å²) < 4.78 is 1.07. The van der Waals surface area contributed by atoms with E-state index < -0.39 is 0 Å². The van der Waals surface area contributed by atoms with Crippen LogP contribution in [0.1, 0.15) is 18.9 Å². The second-order valence-corrected chi connectivity index (χ2v) is 4.56. The summed E-state index contributed by atoms with van der Waals surface area (Å²) in [5, 5.41) is 2.88. The van der Waals surface area contributed by atoms with E-state index in [-0.39, 0.29) is 5.91 Å². The highest BCUT2D eigenvalue weighted by molar-refractivity contribution is 14.1. The average molecular weight is 315 g/mol. The lowest BCUT2D eigenvalue weighted by molar-refractivity contribution is -0.120. The molecule has 0 saturated heterocycles. The van der Waals surface area contributed by atoms with Crippen molar-refractivity contribution in [3.05, 3.63) is 45.6 Å². The normalized spacial score (nSPS) is 11.2. The number of rotatable bonds is 4. The predicted molar refractivity (Wildman–Crippen MR) is 70.7 cm³/mol. The van der Waals surface area contributed by atoms with E-state index in [9.17, 15) is 4.79 Å². The fourth-order valence-electron chi connectivity index (χ4n) is 1.11. The molecule has 0 aliphatic heterocycles. The van der Waals surface area contributed by atoms with Gasteiger partial charge in [-0.15, -0.1) is 0 Å². The first kappa shape index (κ1) is 12.2. The second-order valence-electron chi connectivity index (χ2n) is 3.17. The number of allylic oxidation sites excluding steroid dienone is 1. The summed E-state index contributed by atoms with van der Waals surface area (Å²) in [6, 6.07) is 9.91. The molecule has 1 rings (SSSR count). The van der Waals surface area contributed by atoms with Gasteiger partial charge in [-0.2, -0.15) is 0 Å². The zero-order valence-electron chi connectivity index (χ0n) is 8.66. The van der Waals surface area contributed by atoms with Crippen molar-refractivity contribution in [2.75, 3.05) is 0 Å². The van der Waals surface area contributed by atoms with Gasteiger partial charge in [0.2, 0.25) is 5.91 Å². The van der Waals surface area contributed by atoms with Gasteiger partial charge >= 0.3 is 0 Å². The Bertz CT molecular complexity index is 346. The van der Waals surface area contributed by atoms with E-state index >= 15 is 0 Å². The van der Waals surface area contributed by atoms with Gasteiger partial charge < -0.3 is 5.32 Å². The molecule has 15 heavy (non-hydrogen) atoms. The Labute approximate surface area is 104 Å². The Morgan fingerprint density at radius 3 is 2.67 bits per heavy atom. The van der Waals surface area contributed by atoms with E-state index in [1.165, 1.54) is 0 Å². The summed E-state index contributed by atoms with van der Waals surface area (Å²) in [6.07, 6.45) is 2.42. The maximum absolute atomic E-state index is 11.4. The molecule has 0 aromatic heterocycles. The molecule has 0 aliphatic carbocycles. The molecule has 0 heterocycles. The number of amides is 1. The molecule has 1 N–H and O–H groups in total. The Morgan fingerprint density at radius 2 is 2.07 bits per heavy atom. The van der Waals surface area contributed by atoms with Crippen molar-refractivity contribution < 1.29 is 4.79 Å². The highest BCUT2D eigenvalue weighted by Gasteiger charge is 2.02. The van der Waals surface area contributed by atoms with Crippen LogP contribution in [0.25, 0.3) is 0 Å². The van der Waals surface area contributed by atoms with Crippen LogP contribution in [-0.2, 0) is 11.3 Å². The van der Waals surface area contributed by atoms with Gasteiger partial charge in [0.25, 0.3) is 0 Å². The number of benzene rings is 1. The summed E-state index contributed by atoms with van der Waals surface area (Å²) in [5.74, 6) is 0.0707. The molecule has 0 radical (unpaired) electrons. The molecule has 0 unspecified atom stereocenters. The zero-order valence-corrected chi connectivity index (χ0v) is 10.8. The Hall–Kier alpha value is -0.840. The van der Waals surface area contributed by atoms with E-state index in [1.54, 1.807) is 0 Å². The summed E-state index contributed by atoms with van der Waals surface area (Å²) in [6.45, 7) is 2.54. The second kappa shape index (κ2) is 6.61. The number of carbonyl (C=O) groups is 1. The molecule has 0 fully saturated rings. The van der Waals surface area contributed by atoms with Crippen LogP contribution in [0.4, 0.5) is 0 Å². The van der Waals surface area contributed by atoms with E-state index in [2.05, 4.69) is 27.9 Å². The minimum Gasteiger partial charge on any atom is -0.352 e. The molecular formula is C12H14INO. The lowest BCUT2D eigenvalue weighted by Crippen LogP contribution is -2.22.